The maximum absolute atomic E-state index is 13.3. The van der Waals surface area contributed by atoms with E-state index < -0.39 is 0 Å². The summed E-state index contributed by atoms with van der Waals surface area (Å²) >= 11 is 0. The van der Waals surface area contributed by atoms with Crippen molar-refractivity contribution in [2.75, 3.05) is 13.1 Å². The van der Waals surface area contributed by atoms with Crippen LogP contribution < -0.4 is 0 Å². The third-order valence-electron chi connectivity index (χ3n) is 6.60. The number of fused-ring (bicyclic) bond motifs is 3. The first kappa shape index (κ1) is 17.5. The molecule has 1 aliphatic carbocycles. The molecule has 5 nitrogen and oxygen atoms in total. The largest absolute Gasteiger partial charge is 0.358 e. The summed E-state index contributed by atoms with van der Waals surface area (Å²) in [5, 5.41) is 1.25. The van der Waals surface area contributed by atoms with Crippen LogP contribution in [0, 0.1) is 0 Å². The zero-order valence-electron chi connectivity index (χ0n) is 16.6. The number of aryl methyl sites for hydroxylation is 3. The van der Waals surface area contributed by atoms with Gasteiger partial charge in [-0.15, -0.1) is 0 Å². The highest BCUT2D eigenvalue weighted by Crippen LogP contribution is 2.32. The van der Waals surface area contributed by atoms with E-state index in [9.17, 15) is 4.79 Å². The van der Waals surface area contributed by atoms with Gasteiger partial charge in [-0.25, -0.2) is 4.98 Å². The second-order valence-corrected chi connectivity index (χ2v) is 8.16. The minimum Gasteiger partial charge on any atom is -0.358 e. The van der Waals surface area contributed by atoms with E-state index in [2.05, 4.69) is 33.7 Å². The highest BCUT2D eigenvalue weighted by Gasteiger charge is 2.28. The molecule has 1 aromatic carbocycles. The number of rotatable bonds is 3. The van der Waals surface area contributed by atoms with Crippen molar-refractivity contribution >= 4 is 16.8 Å². The van der Waals surface area contributed by atoms with Crippen molar-refractivity contribution in [1.82, 2.24) is 19.4 Å². The minimum absolute atomic E-state index is 0.168. The molecule has 0 saturated carbocycles. The number of piperidine rings is 1. The molecule has 0 spiro atoms. The van der Waals surface area contributed by atoms with Crippen LogP contribution in [0.4, 0.5) is 0 Å². The number of aromatic nitrogens is 3. The fourth-order valence-corrected chi connectivity index (χ4v) is 5.07. The number of H-pyrrole nitrogens is 1. The topological polar surface area (TPSA) is 53.9 Å². The van der Waals surface area contributed by atoms with Gasteiger partial charge in [0.05, 0.1) is 11.1 Å². The van der Waals surface area contributed by atoms with E-state index in [0.717, 1.165) is 56.4 Å². The molecule has 0 unspecified atom stereocenters. The number of para-hydroxylation sites is 1. The first-order chi connectivity index (χ1) is 13.8. The molecule has 0 atom stereocenters. The molecule has 5 heteroatoms. The van der Waals surface area contributed by atoms with Crippen molar-refractivity contribution in [3.8, 4) is 0 Å². The Hall–Kier alpha value is -2.56. The van der Waals surface area contributed by atoms with Crippen molar-refractivity contribution in [2.45, 2.75) is 57.9 Å². The van der Waals surface area contributed by atoms with Crippen LogP contribution in [0.2, 0.25) is 0 Å². The molecular formula is C23H28N4O. The number of carbonyl (C=O) groups is 1. The van der Waals surface area contributed by atoms with Crippen LogP contribution in [0.15, 0.2) is 30.6 Å². The number of likely N-dealkylation sites (tertiary alicyclic amines) is 1. The number of carbonyl (C=O) groups excluding carboxylic acids is 1. The van der Waals surface area contributed by atoms with Crippen LogP contribution >= 0.6 is 0 Å². The zero-order chi connectivity index (χ0) is 19.1. The van der Waals surface area contributed by atoms with Gasteiger partial charge in [-0.2, -0.15) is 0 Å². The highest BCUT2D eigenvalue weighted by atomic mass is 16.2. The van der Waals surface area contributed by atoms with E-state index >= 15 is 0 Å². The van der Waals surface area contributed by atoms with Crippen molar-refractivity contribution < 1.29 is 4.79 Å². The lowest BCUT2D eigenvalue weighted by Gasteiger charge is -2.32. The normalized spacial score (nSPS) is 17.8. The molecular weight excluding hydrogens is 348 g/mol. The Balaban J connectivity index is 1.37. The fraction of sp³-hybridized carbons (Fsp3) is 0.478. The van der Waals surface area contributed by atoms with Gasteiger partial charge in [-0.3, -0.25) is 4.79 Å². The van der Waals surface area contributed by atoms with Crippen LogP contribution in [0.25, 0.3) is 10.9 Å². The Bertz CT molecular complexity index is 1010. The van der Waals surface area contributed by atoms with E-state index in [-0.39, 0.29) is 5.91 Å². The quantitative estimate of drug-likeness (QED) is 0.742. The smallest absolute Gasteiger partial charge is 0.255 e. The SMILES string of the molecule is CCn1ccnc1C1CCN(C(=O)c2cccc3c4c([nH]c23)CCCC4)CC1. The third kappa shape index (κ3) is 2.84. The number of amides is 1. The summed E-state index contributed by atoms with van der Waals surface area (Å²) in [5.41, 5.74) is 4.65. The molecule has 3 aromatic rings. The van der Waals surface area contributed by atoms with Gasteiger partial charge in [0, 0.05) is 49.0 Å². The van der Waals surface area contributed by atoms with Crippen LogP contribution in [0.5, 0.6) is 0 Å². The summed E-state index contributed by atoms with van der Waals surface area (Å²) in [6.07, 6.45) is 10.6. The average molecular weight is 377 g/mol. The van der Waals surface area contributed by atoms with Gasteiger partial charge in [-0.1, -0.05) is 12.1 Å². The van der Waals surface area contributed by atoms with Crippen molar-refractivity contribution in [3.63, 3.8) is 0 Å². The van der Waals surface area contributed by atoms with Crippen LogP contribution in [-0.4, -0.2) is 38.4 Å². The fourth-order valence-electron chi connectivity index (χ4n) is 5.07. The highest BCUT2D eigenvalue weighted by molar-refractivity contribution is 6.06. The molecule has 1 fully saturated rings. The number of benzene rings is 1. The lowest BCUT2D eigenvalue weighted by atomic mass is 9.94. The number of hydrogen-bond donors (Lipinski definition) is 1. The summed E-state index contributed by atoms with van der Waals surface area (Å²) < 4.78 is 2.23. The molecule has 0 bridgehead atoms. The van der Waals surface area contributed by atoms with Crippen molar-refractivity contribution in [2.24, 2.45) is 0 Å². The first-order valence-corrected chi connectivity index (χ1v) is 10.7. The molecule has 5 rings (SSSR count). The third-order valence-corrected chi connectivity index (χ3v) is 6.60. The van der Waals surface area contributed by atoms with Gasteiger partial charge in [0.15, 0.2) is 0 Å². The second-order valence-electron chi connectivity index (χ2n) is 8.16. The minimum atomic E-state index is 0.168. The van der Waals surface area contributed by atoms with E-state index in [4.69, 9.17) is 0 Å². The number of imidazole rings is 1. The van der Waals surface area contributed by atoms with Crippen LogP contribution in [0.1, 0.15) is 66.0 Å². The van der Waals surface area contributed by atoms with Gasteiger partial charge in [-0.05, 0) is 57.1 Å². The molecule has 1 N–H and O–H groups in total. The second kappa shape index (κ2) is 7.12. The monoisotopic (exact) mass is 376 g/mol. The molecule has 0 radical (unpaired) electrons. The predicted molar refractivity (Wildman–Crippen MR) is 111 cm³/mol. The van der Waals surface area contributed by atoms with Gasteiger partial charge < -0.3 is 14.5 Å². The maximum atomic E-state index is 13.3. The molecule has 28 heavy (non-hydrogen) atoms. The van der Waals surface area contributed by atoms with Gasteiger partial charge in [0.1, 0.15) is 5.82 Å². The Morgan fingerprint density at radius 2 is 2.04 bits per heavy atom. The Morgan fingerprint density at radius 3 is 2.86 bits per heavy atom. The summed E-state index contributed by atoms with van der Waals surface area (Å²) in [4.78, 5) is 23.5. The molecule has 2 aromatic heterocycles. The van der Waals surface area contributed by atoms with E-state index in [1.54, 1.807) is 0 Å². The Morgan fingerprint density at radius 1 is 1.21 bits per heavy atom. The van der Waals surface area contributed by atoms with Gasteiger partial charge in [0.2, 0.25) is 0 Å². The predicted octanol–water partition coefficient (Wildman–Crippen LogP) is 4.28. The van der Waals surface area contributed by atoms with Gasteiger partial charge >= 0.3 is 0 Å². The van der Waals surface area contributed by atoms with Crippen molar-refractivity contribution in [1.29, 1.82) is 0 Å². The van der Waals surface area contributed by atoms with E-state index in [1.165, 1.54) is 35.3 Å². The summed E-state index contributed by atoms with van der Waals surface area (Å²) in [7, 11) is 0. The molecule has 2 aliphatic rings. The van der Waals surface area contributed by atoms with Crippen LogP contribution in [0.3, 0.4) is 0 Å². The van der Waals surface area contributed by atoms with Crippen LogP contribution in [-0.2, 0) is 19.4 Å². The van der Waals surface area contributed by atoms with Crippen molar-refractivity contribution in [3.05, 3.63) is 53.2 Å². The average Bonchev–Trinajstić information content (AvgIpc) is 3.37. The molecule has 1 saturated heterocycles. The number of nitrogens with zero attached hydrogens (tertiary/aromatic N) is 3. The summed E-state index contributed by atoms with van der Waals surface area (Å²) in [6.45, 7) is 4.71. The standard InChI is InChI=1S/C23H28N4O/c1-2-26-15-12-24-22(26)16-10-13-27(14-11-16)23(28)19-8-5-7-18-17-6-3-4-9-20(17)25-21(18)19/h5,7-8,12,15-16,25H,2-4,6,9-11,13-14H2,1H3. The van der Waals surface area contributed by atoms with E-state index in [0.29, 0.717) is 5.92 Å². The lowest BCUT2D eigenvalue weighted by Crippen LogP contribution is -2.38. The molecule has 1 aliphatic heterocycles. The number of nitrogens with one attached hydrogen (secondary N) is 1. The number of aromatic amines is 1. The van der Waals surface area contributed by atoms with Gasteiger partial charge in [0.25, 0.3) is 5.91 Å². The maximum Gasteiger partial charge on any atom is 0.255 e. The summed E-state index contributed by atoms with van der Waals surface area (Å²) in [5.74, 6) is 1.79. The molecule has 1 amide bonds. The molecule has 146 valence electrons. The zero-order valence-corrected chi connectivity index (χ0v) is 16.6. The Kier molecular flexibility index (Phi) is 4.46. The lowest BCUT2D eigenvalue weighted by molar-refractivity contribution is 0.0712. The summed E-state index contributed by atoms with van der Waals surface area (Å²) in [6, 6.07) is 6.20. The Labute approximate surface area is 165 Å². The molecule has 3 heterocycles. The first-order valence-electron chi connectivity index (χ1n) is 10.7. The van der Waals surface area contributed by atoms with E-state index in [1.807, 2.05) is 23.2 Å². The number of hydrogen-bond acceptors (Lipinski definition) is 2.